The quantitative estimate of drug-likeness (QED) is 0.773. The molecule has 7 heteroatoms. The average molecular weight is 396 g/mol. The summed E-state index contributed by atoms with van der Waals surface area (Å²) in [6.07, 6.45) is 0.680. The smallest absolute Gasteiger partial charge is 0.227 e. The maximum absolute atomic E-state index is 12.7. The highest BCUT2D eigenvalue weighted by atomic mass is 16.6. The first-order chi connectivity index (χ1) is 14.1. The molecule has 0 spiro atoms. The van der Waals surface area contributed by atoms with E-state index >= 15 is 0 Å². The fourth-order valence-electron chi connectivity index (χ4n) is 3.71. The lowest BCUT2D eigenvalue weighted by Crippen LogP contribution is -2.43. The molecular weight excluding hydrogens is 372 g/mol. The zero-order valence-electron chi connectivity index (χ0n) is 16.0. The molecule has 2 aliphatic rings. The van der Waals surface area contributed by atoms with Gasteiger partial charge in [-0.25, -0.2) is 0 Å². The van der Waals surface area contributed by atoms with Gasteiger partial charge in [0.25, 0.3) is 0 Å². The van der Waals surface area contributed by atoms with Gasteiger partial charge in [0, 0.05) is 24.7 Å². The van der Waals surface area contributed by atoms with Crippen LogP contribution in [-0.2, 0) is 16.0 Å². The molecule has 1 saturated heterocycles. The van der Waals surface area contributed by atoms with Crippen molar-refractivity contribution in [1.82, 2.24) is 5.32 Å². The first-order valence-corrected chi connectivity index (χ1v) is 9.79. The third-order valence-corrected chi connectivity index (χ3v) is 5.22. The van der Waals surface area contributed by atoms with Gasteiger partial charge in [-0.3, -0.25) is 9.59 Å². The lowest BCUT2D eigenvalue weighted by Gasteiger charge is -2.22. The Labute approximate surface area is 169 Å². The van der Waals surface area contributed by atoms with Crippen LogP contribution in [0.3, 0.4) is 0 Å². The maximum Gasteiger partial charge on any atom is 0.227 e. The minimum absolute atomic E-state index is 0.106. The van der Waals surface area contributed by atoms with E-state index in [1.165, 1.54) is 0 Å². The number of hydrogen-bond acceptors (Lipinski definition) is 5. The fourth-order valence-corrected chi connectivity index (χ4v) is 3.71. The minimum atomic E-state index is -0.458. The number of carbonyl (C=O) groups is 2. The number of nitrogens with zero attached hydrogens (tertiary/aromatic N) is 1. The van der Waals surface area contributed by atoms with Crippen LogP contribution >= 0.6 is 0 Å². The van der Waals surface area contributed by atoms with Crippen LogP contribution in [0, 0.1) is 5.92 Å². The molecule has 7 nitrogen and oxygen atoms in total. The summed E-state index contributed by atoms with van der Waals surface area (Å²) in [5.74, 6) is 0.490. The molecule has 2 amide bonds. The molecule has 1 fully saturated rings. The number of nitrogens with one attached hydrogen (secondary N) is 1. The highest BCUT2D eigenvalue weighted by Crippen LogP contribution is 2.36. The highest BCUT2D eigenvalue weighted by molar-refractivity contribution is 6.00. The van der Waals surface area contributed by atoms with Crippen LogP contribution in [-0.4, -0.2) is 49.3 Å². The molecule has 0 saturated carbocycles. The van der Waals surface area contributed by atoms with Gasteiger partial charge in [-0.05, 0) is 24.1 Å². The number of benzene rings is 2. The van der Waals surface area contributed by atoms with Crippen LogP contribution in [0.2, 0.25) is 0 Å². The van der Waals surface area contributed by atoms with E-state index in [1.807, 2.05) is 30.3 Å². The lowest BCUT2D eigenvalue weighted by molar-refractivity contribution is -0.127. The van der Waals surface area contributed by atoms with E-state index in [-0.39, 0.29) is 30.9 Å². The van der Waals surface area contributed by atoms with Crippen molar-refractivity contribution in [2.24, 2.45) is 5.92 Å². The molecule has 0 aliphatic carbocycles. The second-order valence-corrected chi connectivity index (χ2v) is 7.31. The van der Waals surface area contributed by atoms with Crippen molar-refractivity contribution in [3.63, 3.8) is 0 Å². The number of ether oxygens (including phenoxy) is 2. The molecule has 4 rings (SSSR count). The van der Waals surface area contributed by atoms with Gasteiger partial charge >= 0.3 is 0 Å². The lowest BCUT2D eigenvalue weighted by atomic mass is 10.0. The summed E-state index contributed by atoms with van der Waals surface area (Å²) in [5.41, 5.74) is 1.73. The molecule has 0 unspecified atom stereocenters. The van der Waals surface area contributed by atoms with E-state index in [1.54, 1.807) is 23.1 Å². The molecule has 152 valence electrons. The SMILES string of the molecule is O=C(N[C@H](CO)Cc1ccccc1)[C@H]1CC(=O)N(c2ccc3c(c2)OCCO3)C1. The summed E-state index contributed by atoms with van der Waals surface area (Å²) in [6.45, 7) is 1.12. The summed E-state index contributed by atoms with van der Waals surface area (Å²) >= 11 is 0. The Kier molecular flexibility index (Phi) is 5.67. The molecule has 0 radical (unpaired) electrons. The Morgan fingerprint density at radius 1 is 1.14 bits per heavy atom. The van der Waals surface area contributed by atoms with Crippen molar-refractivity contribution in [2.75, 3.05) is 31.3 Å². The standard InChI is InChI=1S/C22H24N2O5/c25-14-17(10-15-4-2-1-3-5-15)23-22(27)16-11-21(26)24(13-16)18-6-7-19-20(12-18)29-9-8-28-19/h1-7,12,16-17,25H,8-11,13-14H2,(H,23,27)/t16-,17-/m0/s1. The Morgan fingerprint density at radius 2 is 1.90 bits per heavy atom. The van der Waals surface area contributed by atoms with Crippen LogP contribution in [0.5, 0.6) is 11.5 Å². The molecule has 2 aromatic carbocycles. The number of amides is 2. The Morgan fingerprint density at radius 3 is 2.66 bits per heavy atom. The number of hydrogen-bond donors (Lipinski definition) is 2. The van der Waals surface area contributed by atoms with Gasteiger partial charge in [0.05, 0.1) is 18.6 Å². The molecule has 2 atom stereocenters. The summed E-state index contributed by atoms with van der Waals surface area (Å²) in [4.78, 5) is 26.8. The predicted molar refractivity (Wildman–Crippen MR) is 107 cm³/mol. The number of anilines is 1. The van der Waals surface area contributed by atoms with Crippen LogP contribution < -0.4 is 19.7 Å². The van der Waals surface area contributed by atoms with E-state index in [4.69, 9.17) is 9.47 Å². The average Bonchev–Trinajstić information content (AvgIpc) is 3.15. The van der Waals surface area contributed by atoms with Gasteiger partial charge in [0.15, 0.2) is 11.5 Å². The van der Waals surface area contributed by atoms with Crippen LogP contribution in [0.4, 0.5) is 5.69 Å². The van der Waals surface area contributed by atoms with E-state index in [9.17, 15) is 14.7 Å². The van der Waals surface area contributed by atoms with Gasteiger partial charge < -0.3 is 24.8 Å². The Bertz CT molecular complexity index is 886. The molecule has 2 aliphatic heterocycles. The van der Waals surface area contributed by atoms with Gasteiger partial charge in [-0.2, -0.15) is 0 Å². The van der Waals surface area contributed by atoms with E-state index in [0.29, 0.717) is 43.4 Å². The summed E-state index contributed by atoms with van der Waals surface area (Å²) < 4.78 is 11.1. The number of fused-ring (bicyclic) bond motifs is 1. The van der Waals surface area contributed by atoms with E-state index in [0.717, 1.165) is 5.56 Å². The molecule has 29 heavy (non-hydrogen) atoms. The second-order valence-electron chi connectivity index (χ2n) is 7.31. The zero-order chi connectivity index (χ0) is 20.2. The van der Waals surface area contributed by atoms with Crippen LogP contribution in [0.15, 0.2) is 48.5 Å². The molecule has 2 N–H and O–H groups in total. The van der Waals surface area contributed by atoms with Gasteiger partial charge in [-0.1, -0.05) is 30.3 Å². The van der Waals surface area contributed by atoms with Gasteiger partial charge in [0.2, 0.25) is 11.8 Å². The summed E-state index contributed by atoms with van der Waals surface area (Å²) in [6, 6.07) is 14.7. The molecule has 0 bridgehead atoms. The van der Waals surface area contributed by atoms with Crippen molar-refractivity contribution >= 4 is 17.5 Å². The molecule has 2 heterocycles. The maximum atomic E-state index is 12.7. The molecule has 0 aromatic heterocycles. The van der Waals surface area contributed by atoms with E-state index < -0.39 is 5.92 Å². The van der Waals surface area contributed by atoms with Gasteiger partial charge in [-0.15, -0.1) is 0 Å². The fraction of sp³-hybridized carbons (Fsp3) is 0.364. The number of aliphatic hydroxyl groups is 1. The van der Waals surface area contributed by atoms with Crippen molar-refractivity contribution in [3.05, 3.63) is 54.1 Å². The van der Waals surface area contributed by atoms with Crippen LogP contribution in [0.1, 0.15) is 12.0 Å². The van der Waals surface area contributed by atoms with Crippen molar-refractivity contribution in [3.8, 4) is 11.5 Å². The topological polar surface area (TPSA) is 88.1 Å². The summed E-state index contributed by atoms with van der Waals surface area (Å²) in [7, 11) is 0. The van der Waals surface area contributed by atoms with E-state index in [2.05, 4.69) is 5.32 Å². The third-order valence-electron chi connectivity index (χ3n) is 5.22. The Hall–Kier alpha value is -3.06. The minimum Gasteiger partial charge on any atom is -0.486 e. The zero-order valence-corrected chi connectivity index (χ0v) is 16.0. The number of carbonyl (C=O) groups excluding carboxylic acids is 2. The number of aliphatic hydroxyl groups excluding tert-OH is 1. The van der Waals surface area contributed by atoms with Crippen molar-refractivity contribution < 1.29 is 24.2 Å². The monoisotopic (exact) mass is 396 g/mol. The van der Waals surface area contributed by atoms with Crippen molar-refractivity contribution in [2.45, 2.75) is 18.9 Å². The van der Waals surface area contributed by atoms with Crippen molar-refractivity contribution in [1.29, 1.82) is 0 Å². The highest BCUT2D eigenvalue weighted by Gasteiger charge is 2.36. The first-order valence-electron chi connectivity index (χ1n) is 9.79. The molecule has 2 aromatic rings. The first kappa shape index (κ1) is 19.3. The third kappa shape index (κ3) is 4.35. The Balaban J connectivity index is 1.40. The molecular formula is C22H24N2O5. The summed E-state index contributed by atoms with van der Waals surface area (Å²) in [5, 5.41) is 12.5. The largest absolute Gasteiger partial charge is 0.486 e. The predicted octanol–water partition coefficient (Wildman–Crippen LogP) is 1.53. The second kappa shape index (κ2) is 8.53. The normalized spacial score (nSPS) is 19.1. The van der Waals surface area contributed by atoms with Gasteiger partial charge in [0.1, 0.15) is 13.2 Å². The van der Waals surface area contributed by atoms with Crippen LogP contribution in [0.25, 0.3) is 0 Å². The number of rotatable bonds is 6.